The first-order chi connectivity index (χ1) is 4.93. The molecule has 1 fully saturated rings. The van der Waals surface area contributed by atoms with Gasteiger partial charge in [0.05, 0.1) is 4.58 Å². The van der Waals surface area contributed by atoms with E-state index in [1.165, 1.54) is 24.3 Å². The van der Waals surface area contributed by atoms with E-state index in [9.17, 15) is 0 Å². The van der Waals surface area contributed by atoms with Crippen molar-refractivity contribution in [2.24, 2.45) is 0 Å². The molecule has 60 valence electrons. The number of hydrogen-bond donors (Lipinski definition) is 1. The Morgan fingerprint density at radius 1 is 1.20 bits per heavy atom. The van der Waals surface area contributed by atoms with Crippen LogP contribution in [0, 0.1) is 0 Å². The Hall–Kier alpha value is 0.660. The fourth-order valence-corrected chi connectivity index (χ4v) is 3.92. The van der Waals surface area contributed by atoms with Crippen molar-refractivity contribution in [2.75, 3.05) is 18.1 Å². The Bertz CT molecular complexity index is 81.7. The van der Waals surface area contributed by atoms with Gasteiger partial charge in [0.2, 0.25) is 0 Å². The maximum Gasteiger partial charge on any atom is 0.0503 e. The molecule has 0 saturated carbocycles. The number of aliphatic hydroxyl groups is 1. The molecule has 10 heavy (non-hydrogen) atoms. The van der Waals surface area contributed by atoms with Crippen LogP contribution in [0.4, 0.5) is 0 Å². The molecule has 0 unspecified atom stereocenters. The average Bonchev–Trinajstić information content (AvgIpc) is 2.41. The van der Waals surface area contributed by atoms with E-state index in [0.29, 0.717) is 6.61 Å². The second kappa shape index (κ2) is 5.33. The summed E-state index contributed by atoms with van der Waals surface area (Å²) in [4.78, 5) is 0. The van der Waals surface area contributed by atoms with E-state index < -0.39 is 0 Å². The minimum atomic E-state index is 0.363. The molecular formula is C7H14OS2. The maximum absolute atomic E-state index is 8.53. The molecule has 1 nitrogen and oxygen atoms in total. The largest absolute Gasteiger partial charge is 0.396 e. The standard InChI is InChI=1S/C7H14OS2/c8-4-2-1-3-7-9-5-6-10-7/h7-8H,1-6H2. The van der Waals surface area contributed by atoms with E-state index in [1.54, 1.807) is 0 Å². The van der Waals surface area contributed by atoms with Crippen LogP contribution in [0.5, 0.6) is 0 Å². The summed E-state index contributed by atoms with van der Waals surface area (Å²) < 4.78 is 0.839. The Morgan fingerprint density at radius 2 is 1.90 bits per heavy atom. The summed E-state index contributed by atoms with van der Waals surface area (Å²) in [5.41, 5.74) is 0. The molecule has 0 aromatic heterocycles. The third kappa shape index (κ3) is 3.17. The van der Waals surface area contributed by atoms with Gasteiger partial charge in [0.15, 0.2) is 0 Å². The van der Waals surface area contributed by atoms with Crippen molar-refractivity contribution in [3.8, 4) is 0 Å². The number of aliphatic hydroxyl groups excluding tert-OH is 1. The Balaban J connectivity index is 1.91. The van der Waals surface area contributed by atoms with E-state index in [-0.39, 0.29) is 0 Å². The van der Waals surface area contributed by atoms with Gasteiger partial charge >= 0.3 is 0 Å². The van der Waals surface area contributed by atoms with Crippen molar-refractivity contribution < 1.29 is 5.11 Å². The normalized spacial score (nSPS) is 20.1. The summed E-state index contributed by atoms with van der Waals surface area (Å²) in [5.74, 6) is 2.66. The van der Waals surface area contributed by atoms with Crippen LogP contribution in [-0.2, 0) is 0 Å². The van der Waals surface area contributed by atoms with Gasteiger partial charge in [-0.1, -0.05) is 0 Å². The topological polar surface area (TPSA) is 20.2 Å². The summed E-state index contributed by atoms with van der Waals surface area (Å²) in [6.07, 6.45) is 3.47. The minimum absolute atomic E-state index is 0.363. The highest BCUT2D eigenvalue weighted by Crippen LogP contribution is 2.35. The zero-order chi connectivity index (χ0) is 7.23. The molecule has 1 heterocycles. The molecule has 0 radical (unpaired) electrons. The van der Waals surface area contributed by atoms with Crippen LogP contribution < -0.4 is 0 Å². The monoisotopic (exact) mass is 178 g/mol. The predicted octanol–water partition coefficient (Wildman–Crippen LogP) is 1.96. The van der Waals surface area contributed by atoms with Gasteiger partial charge < -0.3 is 5.11 Å². The summed E-state index contributed by atoms with van der Waals surface area (Å²) in [5, 5.41) is 8.53. The first-order valence-corrected chi connectivity index (χ1v) is 5.87. The predicted molar refractivity (Wildman–Crippen MR) is 49.6 cm³/mol. The number of hydrogen-bond acceptors (Lipinski definition) is 3. The van der Waals surface area contributed by atoms with Crippen molar-refractivity contribution in [1.82, 2.24) is 0 Å². The van der Waals surface area contributed by atoms with Gasteiger partial charge in [-0.05, 0) is 19.3 Å². The SMILES string of the molecule is OCCCCC1SCCS1. The van der Waals surface area contributed by atoms with E-state index in [1.807, 2.05) is 0 Å². The molecule has 0 aromatic rings. The molecule has 0 aromatic carbocycles. The third-order valence-electron chi connectivity index (χ3n) is 1.54. The third-order valence-corrected chi connectivity index (χ3v) is 4.71. The Labute approximate surface area is 71.0 Å². The number of thioether (sulfide) groups is 2. The van der Waals surface area contributed by atoms with Gasteiger partial charge in [-0.2, -0.15) is 0 Å². The molecule has 1 N–H and O–H groups in total. The number of unbranched alkanes of at least 4 members (excludes halogenated alkanes) is 1. The second-order valence-electron chi connectivity index (χ2n) is 2.39. The van der Waals surface area contributed by atoms with E-state index in [2.05, 4.69) is 23.5 Å². The second-order valence-corrected chi connectivity index (χ2v) is 5.31. The lowest BCUT2D eigenvalue weighted by molar-refractivity contribution is 0.284. The highest BCUT2D eigenvalue weighted by atomic mass is 32.2. The molecular weight excluding hydrogens is 164 g/mol. The summed E-state index contributed by atoms with van der Waals surface area (Å²) in [7, 11) is 0. The van der Waals surface area contributed by atoms with Gasteiger partial charge in [-0.25, -0.2) is 0 Å². The number of rotatable bonds is 4. The first kappa shape index (κ1) is 8.75. The van der Waals surface area contributed by atoms with Gasteiger partial charge in [0.25, 0.3) is 0 Å². The Kier molecular flexibility index (Phi) is 4.66. The van der Waals surface area contributed by atoms with Crippen LogP contribution in [0.3, 0.4) is 0 Å². The van der Waals surface area contributed by atoms with Crippen molar-refractivity contribution in [3.05, 3.63) is 0 Å². The van der Waals surface area contributed by atoms with E-state index >= 15 is 0 Å². The van der Waals surface area contributed by atoms with Gasteiger partial charge in [0.1, 0.15) is 0 Å². The molecule has 1 saturated heterocycles. The lowest BCUT2D eigenvalue weighted by Gasteiger charge is -2.04. The summed E-state index contributed by atoms with van der Waals surface area (Å²) in [6.45, 7) is 0.363. The van der Waals surface area contributed by atoms with Crippen LogP contribution in [0.1, 0.15) is 19.3 Å². The van der Waals surface area contributed by atoms with E-state index in [4.69, 9.17) is 5.11 Å². The molecule has 0 aliphatic carbocycles. The maximum atomic E-state index is 8.53. The fourth-order valence-electron chi connectivity index (χ4n) is 0.997. The average molecular weight is 178 g/mol. The van der Waals surface area contributed by atoms with Crippen LogP contribution in [0.2, 0.25) is 0 Å². The highest BCUT2D eigenvalue weighted by Gasteiger charge is 2.14. The fraction of sp³-hybridized carbons (Fsp3) is 1.00. The summed E-state index contributed by atoms with van der Waals surface area (Å²) in [6, 6.07) is 0. The van der Waals surface area contributed by atoms with Gasteiger partial charge in [-0.3, -0.25) is 0 Å². The molecule has 1 aliphatic rings. The Morgan fingerprint density at radius 3 is 2.50 bits per heavy atom. The highest BCUT2D eigenvalue weighted by molar-refractivity contribution is 8.20. The van der Waals surface area contributed by atoms with Crippen molar-refractivity contribution in [2.45, 2.75) is 23.8 Å². The molecule has 0 bridgehead atoms. The zero-order valence-electron chi connectivity index (χ0n) is 6.08. The van der Waals surface area contributed by atoms with Crippen LogP contribution in [0.25, 0.3) is 0 Å². The zero-order valence-corrected chi connectivity index (χ0v) is 7.72. The van der Waals surface area contributed by atoms with Gasteiger partial charge in [0, 0.05) is 18.1 Å². The lowest BCUT2D eigenvalue weighted by atomic mass is 10.3. The molecule has 1 rings (SSSR count). The van der Waals surface area contributed by atoms with Crippen molar-refractivity contribution >= 4 is 23.5 Å². The molecule has 0 atom stereocenters. The molecule has 1 aliphatic heterocycles. The van der Waals surface area contributed by atoms with Gasteiger partial charge in [-0.15, -0.1) is 23.5 Å². The molecule has 0 amide bonds. The van der Waals surface area contributed by atoms with E-state index in [0.717, 1.165) is 11.0 Å². The van der Waals surface area contributed by atoms with Crippen LogP contribution in [0.15, 0.2) is 0 Å². The lowest BCUT2D eigenvalue weighted by Crippen LogP contribution is -1.92. The smallest absolute Gasteiger partial charge is 0.0503 e. The molecule has 3 heteroatoms. The van der Waals surface area contributed by atoms with Crippen LogP contribution in [-0.4, -0.2) is 27.8 Å². The first-order valence-electron chi connectivity index (χ1n) is 3.77. The summed E-state index contributed by atoms with van der Waals surface area (Å²) >= 11 is 4.15. The van der Waals surface area contributed by atoms with Crippen LogP contribution >= 0.6 is 23.5 Å². The quantitative estimate of drug-likeness (QED) is 0.665. The molecule has 0 spiro atoms. The van der Waals surface area contributed by atoms with Crippen molar-refractivity contribution in [3.63, 3.8) is 0 Å². The van der Waals surface area contributed by atoms with Crippen molar-refractivity contribution in [1.29, 1.82) is 0 Å². The minimum Gasteiger partial charge on any atom is -0.396 e.